The summed E-state index contributed by atoms with van der Waals surface area (Å²) in [5.41, 5.74) is 4.05. The standard InChI is InChI=1S/C16H12N2O.ClH/c1-10-12-5-3-4-6-15(12)18-16(14(10)9-17)13-7-8-19-11(13)2;/h3-8H,1-2H3;1H. The van der Waals surface area contributed by atoms with Gasteiger partial charge in [-0.2, -0.15) is 5.26 Å². The average Bonchev–Trinajstić information content (AvgIpc) is 2.85. The minimum atomic E-state index is 0. The van der Waals surface area contributed by atoms with Crippen LogP contribution in [0.25, 0.3) is 22.2 Å². The van der Waals surface area contributed by atoms with Crippen LogP contribution < -0.4 is 0 Å². The van der Waals surface area contributed by atoms with Crippen LogP contribution in [0.1, 0.15) is 16.9 Å². The fraction of sp³-hybridized carbons (Fsp3) is 0.125. The van der Waals surface area contributed by atoms with Gasteiger partial charge in [0.15, 0.2) is 0 Å². The van der Waals surface area contributed by atoms with Crippen molar-refractivity contribution >= 4 is 23.3 Å². The van der Waals surface area contributed by atoms with Crippen molar-refractivity contribution in [2.24, 2.45) is 0 Å². The van der Waals surface area contributed by atoms with E-state index in [-0.39, 0.29) is 12.4 Å². The Hall–Kier alpha value is -2.31. The molecule has 1 aromatic carbocycles. The predicted molar refractivity (Wildman–Crippen MR) is 80.9 cm³/mol. The number of benzene rings is 1. The monoisotopic (exact) mass is 284 g/mol. The van der Waals surface area contributed by atoms with Gasteiger partial charge >= 0.3 is 0 Å². The van der Waals surface area contributed by atoms with Gasteiger partial charge in [0.25, 0.3) is 0 Å². The third-order valence-electron chi connectivity index (χ3n) is 3.38. The number of nitrogens with zero attached hydrogens (tertiary/aromatic N) is 2. The summed E-state index contributed by atoms with van der Waals surface area (Å²) in [7, 11) is 0. The van der Waals surface area contributed by atoms with Crippen LogP contribution in [0.4, 0.5) is 0 Å². The molecule has 0 atom stereocenters. The van der Waals surface area contributed by atoms with Gasteiger partial charge in [0, 0.05) is 10.9 Å². The molecule has 3 nitrogen and oxygen atoms in total. The molecule has 100 valence electrons. The highest BCUT2D eigenvalue weighted by Gasteiger charge is 2.16. The quantitative estimate of drug-likeness (QED) is 0.665. The molecule has 0 unspecified atom stereocenters. The van der Waals surface area contributed by atoms with Gasteiger partial charge in [0.2, 0.25) is 0 Å². The number of nitriles is 1. The predicted octanol–water partition coefficient (Wildman–Crippen LogP) is 4.41. The third-order valence-corrected chi connectivity index (χ3v) is 3.38. The minimum absolute atomic E-state index is 0. The van der Waals surface area contributed by atoms with Gasteiger partial charge in [-0.25, -0.2) is 4.98 Å². The molecule has 0 saturated carbocycles. The Balaban J connectivity index is 0.00000147. The van der Waals surface area contributed by atoms with E-state index in [4.69, 9.17) is 4.42 Å². The number of aromatic nitrogens is 1. The van der Waals surface area contributed by atoms with Crippen molar-refractivity contribution < 1.29 is 4.42 Å². The molecule has 0 aliphatic carbocycles. The van der Waals surface area contributed by atoms with Gasteiger partial charge in [-0.05, 0) is 31.5 Å². The minimum Gasteiger partial charge on any atom is -0.469 e. The zero-order valence-electron chi connectivity index (χ0n) is 11.2. The summed E-state index contributed by atoms with van der Waals surface area (Å²) in [4.78, 5) is 4.63. The number of hydrogen-bond donors (Lipinski definition) is 0. The van der Waals surface area contributed by atoms with Crippen molar-refractivity contribution in [1.82, 2.24) is 4.98 Å². The van der Waals surface area contributed by atoms with Crippen molar-refractivity contribution in [3.63, 3.8) is 0 Å². The Labute approximate surface area is 123 Å². The van der Waals surface area contributed by atoms with Crippen molar-refractivity contribution in [3.05, 3.63) is 53.5 Å². The summed E-state index contributed by atoms with van der Waals surface area (Å²) in [5.74, 6) is 0.777. The molecule has 0 radical (unpaired) electrons. The second kappa shape index (κ2) is 5.36. The van der Waals surface area contributed by atoms with E-state index >= 15 is 0 Å². The van der Waals surface area contributed by atoms with Crippen LogP contribution in [0.2, 0.25) is 0 Å². The van der Waals surface area contributed by atoms with E-state index in [1.807, 2.05) is 44.2 Å². The highest BCUT2D eigenvalue weighted by atomic mass is 35.5. The molecule has 0 N–H and O–H groups in total. The summed E-state index contributed by atoms with van der Waals surface area (Å²) in [6, 6.07) is 12.0. The summed E-state index contributed by atoms with van der Waals surface area (Å²) >= 11 is 0. The maximum Gasteiger partial charge on any atom is 0.110 e. The van der Waals surface area contributed by atoms with Crippen LogP contribution in [-0.4, -0.2) is 4.98 Å². The van der Waals surface area contributed by atoms with Gasteiger partial charge in [0.05, 0.1) is 23.0 Å². The Kier molecular flexibility index (Phi) is 3.78. The van der Waals surface area contributed by atoms with Crippen molar-refractivity contribution in [2.45, 2.75) is 13.8 Å². The average molecular weight is 285 g/mol. The van der Waals surface area contributed by atoms with Gasteiger partial charge < -0.3 is 4.42 Å². The molecule has 3 rings (SSSR count). The number of fused-ring (bicyclic) bond motifs is 1. The zero-order chi connectivity index (χ0) is 13.4. The summed E-state index contributed by atoms with van der Waals surface area (Å²) in [5, 5.41) is 10.4. The van der Waals surface area contributed by atoms with E-state index in [0.717, 1.165) is 27.8 Å². The van der Waals surface area contributed by atoms with Crippen LogP contribution in [0.15, 0.2) is 41.0 Å². The normalized spacial score (nSPS) is 10.1. The maximum absolute atomic E-state index is 9.43. The molecule has 0 bridgehead atoms. The lowest BCUT2D eigenvalue weighted by molar-refractivity contribution is 0.535. The van der Waals surface area contributed by atoms with Gasteiger partial charge in [-0.3, -0.25) is 0 Å². The Bertz CT molecular complexity index is 815. The summed E-state index contributed by atoms with van der Waals surface area (Å²) in [6.45, 7) is 3.84. The Morgan fingerprint density at radius 1 is 1.15 bits per heavy atom. The van der Waals surface area contributed by atoms with Gasteiger partial charge in [0.1, 0.15) is 11.8 Å². The first-order valence-corrected chi connectivity index (χ1v) is 6.06. The highest BCUT2D eigenvalue weighted by Crippen LogP contribution is 2.31. The number of aryl methyl sites for hydroxylation is 2. The molecule has 2 aromatic heterocycles. The number of furan rings is 1. The summed E-state index contributed by atoms with van der Waals surface area (Å²) < 4.78 is 5.32. The first-order chi connectivity index (χ1) is 9.22. The maximum atomic E-state index is 9.43. The number of para-hydroxylation sites is 1. The van der Waals surface area contributed by atoms with E-state index < -0.39 is 0 Å². The van der Waals surface area contributed by atoms with Crippen molar-refractivity contribution in [2.75, 3.05) is 0 Å². The van der Waals surface area contributed by atoms with E-state index in [1.165, 1.54) is 0 Å². The lowest BCUT2D eigenvalue weighted by atomic mass is 9.99. The lowest BCUT2D eigenvalue weighted by Gasteiger charge is -2.09. The molecular formula is C16H13ClN2O. The molecule has 0 spiro atoms. The van der Waals surface area contributed by atoms with Crippen molar-refractivity contribution in [1.29, 1.82) is 5.26 Å². The lowest BCUT2D eigenvalue weighted by Crippen LogP contribution is -1.95. The van der Waals surface area contributed by atoms with Gasteiger partial charge in [-0.15, -0.1) is 12.4 Å². The topological polar surface area (TPSA) is 49.8 Å². The highest BCUT2D eigenvalue weighted by molar-refractivity contribution is 5.88. The Morgan fingerprint density at radius 3 is 2.55 bits per heavy atom. The molecular weight excluding hydrogens is 272 g/mol. The van der Waals surface area contributed by atoms with Crippen LogP contribution in [-0.2, 0) is 0 Å². The fourth-order valence-electron chi connectivity index (χ4n) is 2.34. The summed E-state index contributed by atoms with van der Waals surface area (Å²) in [6.07, 6.45) is 1.62. The third kappa shape index (κ3) is 2.04. The first kappa shape index (κ1) is 14.1. The molecule has 4 heteroatoms. The second-order valence-electron chi connectivity index (χ2n) is 4.48. The van der Waals surface area contributed by atoms with Gasteiger partial charge in [-0.1, -0.05) is 18.2 Å². The fourth-order valence-corrected chi connectivity index (χ4v) is 2.34. The van der Waals surface area contributed by atoms with Crippen LogP contribution >= 0.6 is 12.4 Å². The molecule has 0 saturated heterocycles. The number of rotatable bonds is 1. The van der Waals surface area contributed by atoms with Crippen molar-refractivity contribution in [3.8, 4) is 17.3 Å². The SMILES string of the molecule is Cc1occc1-c1nc2ccccc2c(C)c1C#N.Cl. The van der Waals surface area contributed by atoms with Crippen LogP contribution in [0, 0.1) is 25.2 Å². The van der Waals surface area contributed by atoms with E-state index in [0.29, 0.717) is 11.3 Å². The largest absolute Gasteiger partial charge is 0.469 e. The first-order valence-electron chi connectivity index (χ1n) is 6.06. The smallest absolute Gasteiger partial charge is 0.110 e. The van der Waals surface area contributed by atoms with Crippen LogP contribution in [0.5, 0.6) is 0 Å². The number of hydrogen-bond acceptors (Lipinski definition) is 3. The molecule has 0 aliphatic heterocycles. The molecule has 0 aliphatic rings. The molecule has 3 aromatic rings. The molecule has 0 fully saturated rings. The van der Waals surface area contributed by atoms with E-state index in [1.54, 1.807) is 6.26 Å². The molecule has 0 amide bonds. The Morgan fingerprint density at radius 2 is 1.90 bits per heavy atom. The number of pyridine rings is 1. The number of halogens is 1. The van der Waals surface area contributed by atoms with E-state index in [9.17, 15) is 5.26 Å². The molecule has 20 heavy (non-hydrogen) atoms. The zero-order valence-corrected chi connectivity index (χ0v) is 12.0. The molecule has 2 heterocycles. The van der Waals surface area contributed by atoms with E-state index in [2.05, 4.69) is 11.1 Å². The second-order valence-corrected chi connectivity index (χ2v) is 4.48. The van der Waals surface area contributed by atoms with Crippen LogP contribution in [0.3, 0.4) is 0 Å².